The molecule has 0 aliphatic rings. The highest BCUT2D eigenvalue weighted by Crippen LogP contribution is 2.11. The van der Waals surface area contributed by atoms with Gasteiger partial charge in [-0.1, -0.05) is 13.8 Å². The second kappa shape index (κ2) is 6.80. The molecule has 0 saturated carbocycles. The van der Waals surface area contributed by atoms with Crippen LogP contribution in [0.1, 0.15) is 25.5 Å². The Bertz CT molecular complexity index is 368. The fourth-order valence-corrected chi connectivity index (χ4v) is 1.21. The van der Waals surface area contributed by atoms with E-state index in [2.05, 4.69) is 34.4 Å². The van der Waals surface area contributed by atoms with E-state index in [1.165, 1.54) is 0 Å². The highest BCUT2D eigenvalue weighted by atomic mass is 16.3. The maximum absolute atomic E-state index is 10.7. The van der Waals surface area contributed by atoms with Crippen molar-refractivity contribution < 1.29 is 9.90 Å². The van der Waals surface area contributed by atoms with Gasteiger partial charge in [0, 0.05) is 25.0 Å². The highest BCUT2D eigenvalue weighted by Gasteiger charge is 2.02. The maximum Gasteiger partial charge on any atom is 0.245 e. The van der Waals surface area contributed by atoms with E-state index in [0.29, 0.717) is 25.0 Å². The van der Waals surface area contributed by atoms with Crippen molar-refractivity contribution in [2.75, 3.05) is 25.0 Å². The lowest BCUT2D eigenvalue weighted by atomic mass is 10.1. The summed E-state index contributed by atoms with van der Waals surface area (Å²) < 4.78 is 0. The zero-order chi connectivity index (χ0) is 12.7. The monoisotopic (exact) mass is 238 g/mol. The molecule has 0 saturated heterocycles. The quantitative estimate of drug-likeness (QED) is 0.613. The first-order valence-corrected chi connectivity index (χ1v) is 5.58. The summed E-state index contributed by atoms with van der Waals surface area (Å²) in [5.74, 6) is 0.519. The third kappa shape index (κ3) is 4.78. The molecule has 1 amide bonds. The van der Waals surface area contributed by atoms with E-state index < -0.39 is 6.61 Å². The van der Waals surface area contributed by atoms with Crippen LogP contribution in [-0.4, -0.2) is 40.7 Å². The van der Waals surface area contributed by atoms with Crippen LogP contribution < -0.4 is 10.6 Å². The van der Waals surface area contributed by atoms with Crippen molar-refractivity contribution >= 4 is 11.9 Å². The summed E-state index contributed by atoms with van der Waals surface area (Å²) in [5, 5.41) is 14.0. The Hall–Kier alpha value is -1.69. The Kier molecular flexibility index (Phi) is 5.35. The van der Waals surface area contributed by atoms with E-state index in [1.54, 1.807) is 6.20 Å². The van der Waals surface area contributed by atoms with E-state index in [1.807, 2.05) is 6.07 Å². The second-order valence-corrected chi connectivity index (χ2v) is 3.89. The molecule has 6 heteroatoms. The fourth-order valence-electron chi connectivity index (χ4n) is 1.21. The van der Waals surface area contributed by atoms with Crippen LogP contribution in [0.4, 0.5) is 5.95 Å². The van der Waals surface area contributed by atoms with Crippen LogP contribution >= 0.6 is 0 Å². The molecule has 1 rings (SSSR count). The number of rotatable bonds is 6. The lowest BCUT2D eigenvalue weighted by Gasteiger charge is -2.08. The lowest BCUT2D eigenvalue weighted by molar-refractivity contribution is -0.123. The topological polar surface area (TPSA) is 87.1 Å². The summed E-state index contributed by atoms with van der Waals surface area (Å²) in [5.41, 5.74) is 0.974. The van der Waals surface area contributed by atoms with Crippen molar-refractivity contribution in [1.82, 2.24) is 15.3 Å². The molecular weight excluding hydrogens is 220 g/mol. The van der Waals surface area contributed by atoms with Gasteiger partial charge >= 0.3 is 0 Å². The summed E-state index contributed by atoms with van der Waals surface area (Å²) in [6.45, 7) is 4.59. The molecule has 1 heterocycles. The first kappa shape index (κ1) is 13.4. The standard InChI is InChI=1S/C11H18N4O2/c1-8(2)9-3-4-13-11(15-9)14-6-5-12-10(17)7-16/h3-4,8,16H,5-7H2,1-2H3,(H,12,17)(H,13,14,15). The Labute approximate surface area is 100 Å². The van der Waals surface area contributed by atoms with Crippen LogP contribution in [0.15, 0.2) is 12.3 Å². The normalized spacial score (nSPS) is 10.4. The highest BCUT2D eigenvalue weighted by molar-refractivity contribution is 5.76. The third-order valence-corrected chi connectivity index (χ3v) is 2.14. The Morgan fingerprint density at radius 2 is 2.24 bits per heavy atom. The number of aliphatic hydroxyl groups is 1. The first-order chi connectivity index (χ1) is 8.13. The minimum absolute atomic E-state index is 0.354. The van der Waals surface area contributed by atoms with Crippen LogP contribution in [0.2, 0.25) is 0 Å². The van der Waals surface area contributed by atoms with E-state index >= 15 is 0 Å². The van der Waals surface area contributed by atoms with Gasteiger partial charge in [0.2, 0.25) is 11.9 Å². The van der Waals surface area contributed by atoms with Gasteiger partial charge in [-0.2, -0.15) is 0 Å². The molecular formula is C11H18N4O2. The van der Waals surface area contributed by atoms with Crippen LogP contribution in [0.5, 0.6) is 0 Å². The van der Waals surface area contributed by atoms with Crippen LogP contribution in [0.3, 0.4) is 0 Å². The third-order valence-electron chi connectivity index (χ3n) is 2.14. The number of carbonyl (C=O) groups is 1. The summed E-state index contributed by atoms with van der Waals surface area (Å²) >= 11 is 0. The molecule has 3 N–H and O–H groups in total. The molecule has 1 aromatic rings. The number of nitrogens with one attached hydrogen (secondary N) is 2. The minimum atomic E-state index is -0.487. The largest absolute Gasteiger partial charge is 0.387 e. The van der Waals surface area contributed by atoms with Gasteiger partial charge in [-0.05, 0) is 12.0 Å². The van der Waals surface area contributed by atoms with E-state index in [4.69, 9.17) is 5.11 Å². The summed E-state index contributed by atoms with van der Waals surface area (Å²) in [6, 6.07) is 1.88. The smallest absolute Gasteiger partial charge is 0.245 e. The summed E-state index contributed by atoms with van der Waals surface area (Å²) in [7, 11) is 0. The van der Waals surface area contributed by atoms with Crippen molar-refractivity contribution in [3.8, 4) is 0 Å². The number of hydrogen-bond donors (Lipinski definition) is 3. The van der Waals surface area contributed by atoms with Crippen molar-refractivity contribution in [2.24, 2.45) is 0 Å². The number of aliphatic hydroxyl groups excluding tert-OH is 1. The molecule has 0 unspecified atom stereocenters. The predicted octanol–water partition coefficient (Wildman–Crippen LogP) is 0.120. The Morgan fingerprint density at radius 1 is 1.47 bits per heavy atom. The summed E-state index contributed by atoms with van der Waals surface area (Å²) in [4.78, 5) is 19.1. The maximum atomic E-state index is 10.7. The molecule has 0 fully saturated rings. The average Bonchev–Trinajstić information content (AvgIpc) is 2.34. The SMILES string of the molecule is CC(C)c1ccnc(NCCNC(=O)CO)n1. The number of anilines is 1. The molecule has 0 aliphatic heterocycles. The molecule has 0 aromatic carbocycles. The van der Waals surface area contributed by atoms with Gasteiger partial charge in [0.05, 0.1) is 0 Å². The predicted molar refractivity (Wildman–Crippen MR) is 64.7 cm³/mol. The van der Waals surface area contributed by atoms with Gasteiger partial charge in [0.25, 0.3) is 0 Å². The number of carbonyl (C=O) groups excluding carboxylic acids is 1. The van der Waals surface area contributed by atoms with Crippen molar-refractivity contribution in [3.63, 3.8) is 0 Å². The van der Waals surface area contributed by atoms with Crippen LogP contribution in [0.25, 0.3) is 0 Å². The molecule has 17 heavy (non-hydrogen) atoms. The summed E-state index contributed by atoms with van der Waals surface area (Å²) in [6.07, 6.45) is 1.71. The molecule has 94 valence electrons. The van der Waals surface area contributed by atoms with Gasteiger partial charge in [-0.15, -0.1) is 0 Å². The number of hydrogen-bond acceptors (Lipinski definition) is 5. The van der Waals surface area contributed by atoms with Crippen molar-refractivity contribution in [2.45, 2.75) is 19.8 Å². The number of amides is 1. The Balaban J connectivity index is 2.36. The molecule has 0 radical (unpaired) electrons. The van der Waals surface area contributed by atoms with Crippen LogP contribution in [-0.2, 0) is 4.79 Å². The van der Waals surface area contributed by atoms with E-state index in [9.17, 15) is 4.79 Å². The van der Waals surface area contributed by atoms with Gasteiger partial charge in [-0.25, -0.2) is 9.97 Å². The molecule has 1 aromatic heterocycles. The zero-order valence-electron chi connectivity index (χ0n) is 10.1. The molecule has 0 bridgehead atoms. The molecule has 6 nitrogen and oxygen atoms in total. The second-order valence-electron chi connectivity index (χ2n) is 3.89. The number of aromatic nitrogens is 2. The Morgan fingerprint density at radius 3 is 2.88 bits per heavy atom. The number of nitrogens with zero attached hydrogens (tertiary/aromatic N) is 2. The first-order valence-electron chi connectivity index (χ1n) is 5.58. The zero-order valence-corrected chi connectivity index (χ0v) is 10.1. The lowest BCUT2D eigenvalue weighted by Crippen LogP contribution is -2.31. The molecule has 0 spiro atoms. The fraction of sp³-hybridized carbons (Fsp3) is 0.545. The van der Waals surface area contributed by atoms with Gasteiger partial charge < -0.3 is 15.7 Å². The molecule has 0 atom stereocenters. The minimum Gasteiger partial charge on any atom is -0.387 e. The molecule has 0 aliphatic carbocycles. The van der Waals surface area contributed by atoms with E-state index in [-0.39, 0.29) is 5.91 Å². The van der Waals surface area contributed by atoms with Gasteiger partial charge in [-0.3, -0.25) is 4.79 Å². The van der Waals surface area contributed by atoms with Gasteiger partial charge in [0.15, 0.2) is 0 Å². The van der Waals surface area contributed by atoms with E-state index in [0.717, 1.165) is 5.69 Å². The van der Waals surface area contributed by atoms with Crippen molar-refractivity contribution in [3.05, 3.63) is 18.0 Å². The van der Waals surface area contributed by atoms with Crippen LogP contribution in [0, 0.1) is 0 Å². The average molecular weight is 238 g/mol. The van der Waals surface area contributed by atoms with Crippen molar-refractivity contribution in [1.29, 1.82) is 0 Å². The van der Waals surface area contributed by atoms with Gasteiger partial charge in [0.1, 0.15) is 6.61 Å².